The number of hydrogen-bond donors (Lipinski definition) is 2. The van der Waals surface area contributed by atoms with Gasteiger partial charge in [-0.15, -0.1) is 11.3 Å². The van der Waals surface area contributed by atoms with E-state index in [4.69, 9.17) is 5.73 Å². The zero-order chi connectivity index (χ0) is 18.4. The highest BCUT2D eigenvalue weighted by Gasteiger charge is 2.25. The molecule has 0 aliphatic carbocycles. The summed E-state index contributed by atoms with van der Waals surface area (Å²) in [5, 5.41) is 4.61. The zero-order valence-electron chi connectivity index (χ0n) is 14.6. The van der Waals surface area contributed by atoms with Gasteiger partial charge in [0.15, 0.2) is 0 Å². The van der Waals surface area contributed by atoms with Crippen molar-refractivity contribution in [2.75, 3.05) is 26.2 Å². The summed E-state index contributed by atoms with van der Waals surface area (Å²) in [7, 11) is 0. The third-order valence-corrected chi connectivity index (χ3v) is 5.54. The Morgan fingerprint density at radius 3 is 2.42 bits per heavy atom. The molecule has 1 aliphatic rings. The first kappa shape index (κ1) is 18.4. The van der Waals surface area contributed by atoms with Gasteiger partial charge in [0.2, 0.25) is 5.91 Å². The Morgan fingerprint density at radius 2 is 1.81 bits per heavy atom. The zero-order valence-corrected chi connectivity index (χ0v) is 15.5. The molecule has 0 saturated carbocycles. The molecule has 1 aromatic heterocycles. The van der Waals surface area contributed by atoms with E-state index in [1.807, 2.05) is 40.6 Å². The average Bonchev–Trinajstić information content (AvgIpc) is 3.17. The van der Waals surface area contributed by atoms with Gasteiger partial charge in [0.05, 0.1) is 12.5 Å². The van der Waals surface area contributed by atoms with E-state index in [2.05, 4.69) is 22.3 Å². The minimum absolute atomic E-state index is 0.0523. The second kappa shape index (κ2) is 8.82. The summed E-state index contributed by atoms with van der Waals surface area (Å²) in [4.78, 5) is 29.1. The number of carbonyl (C=O) groups is 2. The van der Waals surface area contributed by atoms with Crippen molar-refractivity contribution in [3.8, 4) is 0 Å². The molecule has 26 heavy (non-hydrogen) atoms. The average molecular weight is 372 g/mol. The summed E-state index contributed by atoms with van der Waals surface area (Å²) in [6.07, 6.45) is 0.238. The molecule has 0 bridgehead atoms. The number of hydrogen-bond acceptors (Lipinski definition) is 4. The molecule has 2 aromatic rings. The summed E-state index contributed by atoms with van der Waals surface area (Å²) >= 11 is 1.51. The minimum atomic E-state index is -0.608. The minimum Gasteiger partial charge on any atom is -0.352 e. The molecule has 3 N–H and O–H groups in total. The van der Waals surface area contributed by atoms with Gasteiger partial charge in [-0.25, -0.2) is 4.79 Å². The van der Waals surface area contributed by atoms with Crippen LogP contribution in [-0.4, -0.2) is 47.9 Å². The van der Waals surface area contributed by atoms with Crippen molar-refractivity contribution >= 4 is 23.3 Å². The van der Waals surface area contributed by atoms with E-state index in [-0.39, 0.29) is 18.4 Å². The number of nitrogens with one attached hydrogen (secondary N) is 1. The molecule has 1 aliphatic heterocycles. The van der Waals surface area contributed by atoms with Gasteiger partial charge >= 0.3 is 6.03 Å². The second-order valence-electron chi connectivity index (χ2n) is 6.42. The fraction of sp³-hybridized carbons (Fsp3) is 0.368. The Kier molecular flexibility index (Phi) is 6.25. The van der Waals surface area contributed by atoms with Crippen LogP contribution < -0.4 is 11.1 Å². The Hall–Kier alpha value is -2.38. The molecule has 1 aromatic carbocycles. The molecular weight excluding hydrogens is 348 g/mol. The summed E-state index contributed by atoms with van der Waals surface area (Å²) in [6, 6.07) is 13.2. The number of rotatable bonds is 6. The maximum absolute atomic E-state index is 12.7. The van der Waals surface area contributed by atoms with Crippen LogP contribution in [0.3, 0.4) is 0 Å². The second-order valence-corrected chi connectivity index (χ2v) is 7.40. The highest BCUT2D eigenvalue weighted by molar-refractivity contribution is 7.10. The highest BCUT2D eigenvalue weighted by Crippen LogP contribution is 2.23. The normalized spacial score (nSPS) is 16.2. The van der Waals surface area contributed by atoms with Gasteiger partial charge in [0, 0.05) is 37.6 Å². The quantitative estimate of drug-likeness (QED) is 0.816. The fourth-order valence-electron chi connectivity index (χ4n) is 3.18. The van der Waals surface area contributed by atoms with Crippen molar-refractivity contribution in [2.24, 2.45) is 5.73 Å². The van der Waals surface area contributed by atoms with E-state index < -0.39 is 6.03 Å². The Labute approximate surface area is 157 Å². The van der Waals surface area contributed by atoms with Crippen LogP contribution in [0.1, 0.15) is 22.9 Å². The van der Waals surface area contributed by atoms with Gasteiger partial charge in [-0.2, -0.15) is 0 Å². The van der Waals surface area contributed by atoms with Crippen LogP contribution in [0.5, 0.6) is 0 Å². The van der Waals surface area contributed by atoms with Crippen molar-refractivity contribution in [2.45, 2.75) is 19.0 Å². The van der Waals surface area contributed by atoms with Gasteiger partial charge in [-0.05, 0) is 17.0 Å². The third-order valence-electron chi connectivity index (χ3n) is 4.56. The van der Waals surface area contributed by atoms with Crippen LogP contribution >= 0.6 is 11.3 Å². The van der Waals surface area contributed by atoms with Crippen LogP contribution in [0.25, 0.3) is 0 Å². The lowest BCUT2D eigenvalue weighted by Gasteiger charge is -2.35. The summed E-state index contributed by atoms with van der Waals surface area (Å²) in [6.45, 7) is 4.03. The third kappa shape index (κ3) is 5.06. The molecular formula is C19H24N4O2S. The molecule has 3 amide bonds. The number of thiophene rings is 1. The van der Waals surface area contributed by atoms with Crippen LogP contribution in [0, 0.1) is 0 Å². The van der Waals surface area contributed by atoms with Crippen molar-refractivity contribution in [1.29, 1.82) is 0 Å². The number of piperazine rings is 1. The Morgan fingerprint density at radius 1 is 1.08 bits per heavy atom. The number of amides is 3. The lowest BCUT2D eigenvalue weighted by atomic mass is 10.1. The number of primary amides is 1. The molecule has 1 fully saturated rings. The molecule has 0 radical (unpaired) electrons. The van der Waals surface area contributed by atoms with Crippen molar-refractivity contribution in [3.63, 3.8) is 0 Å². The first-order valence-electron chi connectivity index (χ1n) is 8.75. The highest BCUT2D eigenvalue weighted by atomic mass is 32.1. The van der Waals surface area contributed by atoms with Gasteiger partial charge in [0.1, 0.15) is 0 Å². The van der Waals surface area contributed by atoms with E-state index >= 15 is 0 Å². The maximum atomic E-state index is 12.7. The van der Waals surface area contributed by atoms with Gasteiger partial charge in [0.25, 0.3) is 0 Å². The summed E-state index contributed by atoms with van der Waals surface area (Å²) in [5.41, 5.74) is 6.56. The van der Waals surface area contributed by atoms with Crippen LogP contribution in [0.2, 0.25) is 0 Å². The Bertz CT molecular complexity index is 712. The number of benzene rings is 1. The van der Waals surface area contributed by atoms with Crippen LogP contribution in [-0.2, 0) is 11.3 Å². The smallest absolute Gasteiger partial charge is 0.312 e. The SMILES string of the molecule is NC(=O)NC(CC(=O)N1CCN(Cc2ccccc2)CC1)c1cccs1. The molecule has 7 heteroatoms. The molecule has 3 rings (SSSR count). The van der Waals surface area contributed by atoms with Crippen molar-refractivity contribution in [3.05, 3.63) is 58.3 Å². The molecule has 1 saturated heterocycles. The van der Waals surface area contributed by atoms with E-state index in [9.17, 15) is 9.59 Å². The summed E-state index contributed by atoms with van der Waals surface area (Å²) in [5.74, 6) is 0.0523. The Balaban J connectivity index is 1.51. The predicted octanol–water partition coefficient (Wildman–Crippen LogP) is 2.19. The number of urea groups is 1. The van der Waals surface area contributed by atoms with Gasteiger partial charge in [-0.1, -0.05) is 36.4 Å². The van der Waals surface area contributed by atoms with E-state index in [1.165, 1.54) is 16.9 Å². The molecule has 1 unspecified atom stereocenters. The first-order valence-corrected chi connectivity index (χ1v) is 9.63. The topological polar surface area (TPSA) is 78.7 Å². The van der Waals surface area contributed by atoms with Gasteiger partial charge < -0.3 is 16.0 Å². The van der Waals surface area contributed by atoms with E-state index in [1.54, 1.807) is 0 Å². The van der Waals surface area contributed by atoms with E-state index in [0.717, 1.165) is 24.5 Å². The predicted molar refractivity (Wildman–Crippen MR) is 103 cm³/mol. The van der Waals surface area contributed by atoms with E-state index in [0.29, 0.717) is 13.1 Å². The van der Waals surface area contributed by atoms with Crippen LogP contribution in [0.15, 0.2) is 47.8 Å². The summed E-state index contributed by atoms with van der Waals surface area (Å²) < 4.78 is 0. The molecule has 1 atom stereocenters. The molecule has 2 heterocycles. The van der Waals surface area contributed by atoms with Crippen LogP contribution in [0.4, 0.5) is 4.79 Å². The maximum Gasteiger partial charge on any atom is 0.312 e. The largest absolute Gasteiger partial charge is 0.352 e. The number of nitrogens with two attached hydrogens (primary N) is 1. The molecule has 138 valence electrons. The standard InChI is InChI=1S/C19H24N4O2S/c20-19(25)21-16(17-7-4-12-26-17)13-18(24)23-10-8-22(9-11-23)14-15-5-2-1-3-6-15/h1-7,12,16H,8-11,13-14H2,(H3,20,21,25). The number of nitrogens with zero attached hydrogens (tertiary/aromatic N) is 2. The lowest BCUT2D eigenvalue weighted by Crippen LogP contribution is -2.49. The molecule has 0 spiro atoms. The van der Waals surface area contributed by atoms with Gasteiger partial charge in [-0.3, -0.25) is 9.69 Å². The first-order chi connectivity index (χ1) is 12.6. The lowest BCUT2D eigenvalue weighted by molar-refractivity contribution is -0.133. The fourth-order valence-corrected chi connectivity index (χ4v) is 3.96. The van der Waals surface area contributed by atoms with Crippen molar-refractivity contribution < 1.29 is 9.59 Å². The van der Waals surface area contributed by atoms with Crippen molar-refractivity contribution in [1.82, 2.24) is 15.1 Å². The molecule has 6 nitrogen and oxygen atoms in total. The number of carbonyl (C=O) groups excluding carboxylic acids is 2. The monoisotopic (exact) mass is 372 g/mol.